The summed E-state index contributed by atoms with van der Waals surface area (Å²) in [6.07, 6.45) is -0.662. The van der Waals surface area contributed by atoms with Crippen LogP contribution in [-0.4, -0.2) is 39.1 Å². The van der Waals surface area contributed by atoms with E-state index in [1.54, 1.807) is 13.8 Å². The molecule has 17 heavy (non-hydrogen) atoms. The van der Waals surface area contributed by atoms with Gasteiger partial charge in [0, 0.05) is 0 Å². The standard InChI is InChI=1S/C12H16O4Se/c1-7(2)11(13)15-9-5-17-6-10(9)16-12(14)8(3)4/h9-10H,1,3,5-6H2,2,4H3/t9-,10-/m0/s1. The molecule has 1 heterocycles. The van der Waals surface area contributed by atoms with Gasteiger partial charge < -0.3 is 0 Å². The molecule has 2 atom stereocenters. The average Bonchev–Trinajstić information content (AvgIpc) is 2.65. The van der Waals surface area contributed by atoms with E-state index in [0.717, 1.165) is 10.6 Å². The molecule has 0 spiro atoms. The molecule has 0 radical (unpaired) electrons. The molecule has 0 aromatic heterocycles. The Hall–Kier alpha value is -1.06. The Labute approximate surface area is 107 Å². The molecule has 1 rings (SSSR count). The van der Waals surface area contributed by atoms with Gasteiger partial charge in [-0.2, -0.15) is 0 Å². The van der Waals surface area contributed by atoms with Crippen molar-refractivity contribution in [2.45, 2.75) is 36.7 Å². The number of hydrogen-bond donors (Lipinski definition) is 0. The molecule has 0 unspecified atom stereocenters. The van der Waals surface area contributed by atoms with Gasteiger partial charge in [0.1, 0.15) is 0 Å². The SMILES string of the molecule is C=C(C)C(=O)O[C@H]1C[Se]C[C@@H]1OC(=O)C(=C)C. The van der Waals surface area contributed by atoms with Crippen LogP contribution in [0.1, 0.15) is 13.8 Å². The second-order valence-corrected chi connectivity index (χ2v) is 6.24. The van der Waals surface area contributed by atoms with Crippen molar-refractivity contribution < 1.29 is 19.1 Å². The van der Waals surface area contributed by atoms with Crippen LogP contribution in [0.2, 0.25) is 10.6 Å². The predicted octanol–water partition coefficient (Wildman–Crippen LogP) is 1.52. The summed E-state index contributed by atoms with van der Waals surface area (Å²) in [5.41, 5.74) is 0.712. The molecule has 1 fully saturated rings. The maximum atomic E-state index is 11.4. The van der Waals surface area contributed by atoms with E-state index in [0.29, 0.717) is 26.1 Å². The fourth-order valence-corrected chi connectivity index (χ4v) is 3.66. The first-order chi connectivity index (χ1) is 7.91. The Bertz CT molecular complexity index is 328. The van der Waals surface area contributed by atoms with Crippen molar-refractivity contribution >= 4 is 26.9 Å². The molecular formula is C12H16O4Se. The van der Waals surface area contributed by atoms with Gasteiger partial charge >= 0.3 is 107 Å². The van der Waals surface area contributed by atoms with E-state index in [2.05, 4.69) is 13.2 Å². The van der Waals surface area contributed by atoms with E-state index in [1.165, 1.54) is 0 Å². The summed E-state index contributed by atoms with van der Waals surface area (Å²) in [4.78, 5) is 22.8. The molecule has 1 aliphatic rings. The number of rotatable bonds is 4. The Morgan fingerprint density at radius 1 is 1.00 bits per heavy atom. The zero-order valence-corrected chi connectivity index (χ0v) is 11.7. The third-order valence-corrected chi connectivity index (χ3v) is 4.56. The van der Waals surface area contributed by atoms with Crippen LogP contribution in [0.25, 0.3) is 0 Å². The van der Waals surface area contributed by atoms with Gasteiger partial charge in [0.25, 0.3) is 0 Å². The summed E-state index contributed by atoms with van der Waals surface area (Å²) >= 11 is 0.347. The van der Waals surface area contributed by atoms with Gasteiger partial charge in [-0.3, -0.25) is 0 Å². The van der Waals surface area contributed by atoms with Crippen molar-refractivity contribution in [3.05, 3.63) is 24.3 Å². The topological polar surface area (TPSA) is 52.6 Å². The van der Waals surface area contributed by atoms with Crippen molar-refractivity contribution in [3.63, 3.8) is 0 Å². The van der Waals surface area contributed by atoms with Gasteiger partial charge in [-0.1, -0.05) is 0 Å². The number of carbonyl (C=O) groups excluding carboxylic acids is 2. The summed E-state index contributed by atoms with van der Waals surface area (Å²) in [6.45, 7) is 10.2. The average molecular weight is 303 g/mol. The molecule has 5 heteroatoms. The van der Waals surface area contributed by atoms with Crippen LogP contribution in [0.4, 0.5) is 0 Å². The van der Waals surface area contributed by atoms with Crippen molar-refractivity contribution in [2.75, 3.05) is 0 Å². The molecule has 0 aromatic rings. The summed E-state index contributed by atoms with van der Waals surface area (Å²) < 4.78 is 10.5. The van der Waals surface area contributed by atoms with Gasteiger partial charge in [0.15, 0.2) is 0 Å². The van der Waals surface area contributed by atoms with Gasteiger partial charge in [0.05, 0.1) is 0 Å². The number of ether oxygens (including phenoxy) is 2. The minimum absolute atomic E-state index is 0.331. The molecule has 1 aliphatic heterocycles. The van der Waals surface area contributed by atoms with Crippen molar-refractivity contribution in [1.82, 2.24) is 0 Å². The second kappa shape index (κ2) is 6.03. The fourth-order valence-electron chi connectivity index (χ4n) is 1.21. The van der Waals surface area contributed by atoms with Crippen molar-refractivity contribution in [1.29, 1.82) is 0 Å². The quantitative estimate of drug-likeness (QED) is 0.449. The summed E-state index contributed by atoms with van der Waals surface area (Å²) in [5.74, 6) is -0.854. The van der Waals surface area contributed by atoms with Crippen molar-refractivity contribution in [2.24, 2.45) is 0 Å². The molecule has 0 N–H and O–H groups in total. The molecule has 4 nitrogen and oxygen atoms in total. The summed E-state index contributed by atoms with van der Waals surface area (Å²) in [6, 6.07) is 0. The first-order valence-corrected chi connectivity index (χ1v) is 7.64. The molecule has 0 amide bonds. The third kappa shape index (κ3) is 4.02. The molecule has 1 saturated heterocycles. The molecule has 94 valence electrons. The normalized spacial score (nSPS) is 22.9. The molecule has 0 aromatic carbocycles. The van der Waals surface area contributed by atoms with Crippen LogP contribution in [0.3, 0.4) is 0 Å². The minimum atomic E-state index is -0.427. The molecule has 0 bridgehead atoms. The molecular weight excluding hydrogens is 287 g/mol. The van der Waals surface area contributed by atoms with Gasteiger partial charge in [-0.15, -0.1) is 0 Å². The van der Waals surface area contributed by atoms with Gasteiger partial charge in [-0.25, -0.2) is 0 Å². The number of carbonyl (C=O) groups is 2. The van der Waals surface area contributed by atoms with Crippen LogP contribution < -0.4 is 0 Å². The predicted molar refractivity (Wildman–Crippen MR) is 64.8 cm³/mol. The van der Waals surface area contributed by atoms with E-state index in [9.17, 15) is 9.59 Å². The Morgan fingerprint density at radius 3 is 1.65 bits per heavy atom. The van der Waals surface area contributed by atoms with Gasteiger partial charge in [-0.05, 0) is 0 Å². The molecule has 0 saturated carbocycles. The van der Waals surface area contributed by atoms with E-state index in [1.807, 2.05) is 0 Å². The first kappa shape index (κ1) is 14.0. The van der Waals surface area contributed by atoms with Crippen LogP contribution in [0, 0.1) is 0 Å². The van der Waals surface area contributed by atoms with Crippen LogP contribution in [0.15, 0.2) is 24.3 Å². The van der Waals surface area contributed by atoms with E-state index >= 15 is 0 Å². The van der Waals surface area contributed by atoms with Crippen LogP contribution in [-0.2, 0) is 19.1 Å². The van der Waals surface area contributed by atoms with E-state index in [-0.39, 0.29) is 12.2 Å². The van der Waals surface area contributed by atoms with Crippen LogP contribution in [0.5, 0.6) is 0 Å². The fraction of sp³-hybridized carbons (Fsp3) is 0.500. The maximum absolute atomic E-state index is 11.4. The zero-order valence-electron chi connectivity index (χ0n) is 10.0. The number of esters is 2. The van der Waals surface area contributed by atoms with Crippen LogP contribution >= 0.6 is 0 Å². The Balaban J connectivity index is 2.55. The number of hydrogen-bond acceptors (Lipinski definition) is 4. The first-order valence-electron chi connectivity index (χ1n) is 5.22. The Kier molecular flexibility index (Phi) is 4.97. The van der Waals surface area contributed by atoms with Crippen molar-refractivity contribution in [3.8, 4) is 0 Å². The third-order valence-electron chi connectivity index (χ3n) is 2.19. The summed E-state index contributed by atoms with van der Waals surface area (Å²) in [7, 11) is 0. The van der Waals surface area contributed by atoms with E-state index < -0.39 is 11.9 Å². The Morgan fingerprint density at radius 2 is 1.35 bits per heavy atom. The van der Waals surface area contributed by atoms with Gasteiger partial charge in [0.2, 0.25) is 0 Å². The monoisotopic (exact) mass is 304 g/mol. The molecule has 0 aliphatic carbocycles. The summed E-state index contributed by atoms with van der Waals surface area (Å²) in [5, 5.41) is 1.56. The zero-order chi connectivity index (χ0) is 13.0. The second-order valence-electron chi connectivity index (χ2n) is 3.99. The van der Waals surface area contributed by atoms with E-state index in [4.69, 9.17) is 9.47 Å².